The van der Waals surface area contributed by atoms with Gasteiger partial charge in [0.2, 0.25) is 0 Å². The smallest absolute Gasteiger partial charge is 0.00657 e. The van der Waals surface area contributed by atoms with Gasteiger partial charge in [0, 0.05) is 5.33 Å². The Hall–Kier alpha value is -0.300. The average Bonchev–Trinajstić information content (AvgIpc) is 2.81. The molecule has 76 valence electrons. The monoisotopic (exact) mass is 252 g/mol. The molecule has 1 saturated carbocycles. The van der Waals surface area contributed by atoms with E-state index in [9.17, 15) is 0 Å². The summed E-state index contributed by atoms with van der Waals surface area (Å²) in [6, 6.07) is 4.62. The Balaban J connectivity index is 2.34. The molecule has 2 atom stereocenters. The Morgan fingerprint density at radius 1 is 1.21 bits per heavy atom. The molecule has 0 spiro atoms. The second kappa shape index (κ2) is 3.69. The molecule has 0 aliphatic heterocycles. The Morgan fingerprint density at radius 3 is 2.21 bits per heavy atom. The molecular weight excluding hydrogens is 236 g/mol. The van der Waals surface area contributed by atoms with Crippen LogP contribution < -0.4 is 0 Å². The minimum atomic E-state index is 0.829. The summed E-state index contributed by atoms with van der Waals surface area (Å²) in [6.07, 6.45) is 1.37. The van der Waals surface area contributed by atoms with E-state index in [0.29, 0.717) is 0 Å². The van der Waals surface area contributed by atoms with Crippen molar-refractivity contribution in [2.24, 2.45) is 5.92 Å². The topological polar surface area (TPSA) is 0 Å². The lowest BCUT2D eigenvalue weighted by Gasteiger charge is -2.10. The van der Waals surface area contributed by atoms with E-state index in [1.165, 1.54) is 23.1 Å². The zero-order valence-electron chi connectivity index (χ0n) is 9.10. The third-order valence-electron chi connectivity index (χ3n) is 3.23. The van der Waals surface area contributed by atoms with Crippen molar-refractivity contribution >= 4 is 15.9 Å². The molecule has 1 heteroatoms. The van der Waals surface area contributed by atoms with Gasteiger partial charge in [-0.2, -0.15) is 0 Å². The fourth-order valence-electron chi connectivity index (χ4n) is 2.55. The maximum absolute atomic E-state index is 3.58. The molecule has 0 nitrogen and oxygen atoms in total. The van der Waals surface area contributed by atoms with Gasteiger partial charge in [-0.3, -0.25) is 0 Å². The SMILES string of the molecule is Cc1cc(C)c(C2CC2CBr)c(C)c1. The lowest BCUT2D eigenvalue weighted by molar-refractivity contribution is 0.919. The normalized spacial score (nSPS) is 25.1. The number of alkyl halides is 1. The third-order valence-corrected chi connectivity index (χ3v) is 4.06. The molecular formula is C13H17Br. The van der Waals surface area contributed by atoms with Gasteiger partial charge < -0.3 is 0 Å². The predicted octanol–water partition coefficient (Wildman–Crippen LogP) is 4.11. The Labute approximate surface area is 94.8 Å². The molecule has 2 unspecified atom stereocenters. The zero-order chi connectivity index (χ0) is 10.3. The molecule has 0 heterocycles. The molecule has 0 bridgehead atoms. The lowest BCUT2D eigenvalue weighted by atomic mass is 9.95. The second-order valence-corrected chi connectivity index (χ2v) is 5.22. The van der Waals surface area contributed by atoms with Crippen molar-refractivity contribution in [1.82, 2.24) is 0 Å². The highest BCUT2D eigenvalue weighted by Gasteiger charge is 2.38. The summed E-state index contributed by atoms with van der Waals surface area (Å²) in [6.45, 7) is 6.68. The van der Waals surface area contributed by atoms with Gasteiger partial charge in [0.25, 0.3) is 0 Å². The van der Waals surface area contributed by atoms with E-state index in [1.54, 1.807) is 5.56 Å². The average molecular weight is 253 g/mol. The summed E-state index contributed by atoms with van der Waals surface area (Å²) in [7, 11) is 0. The standard InChI is InChI=1S/C13H17Br/c1-8-4-9(2)13(10(3)5-8)12-6-11(12)7-14/h4-5,11-12H,6-7H2,1-3H3. The van der Waals surface area contributed by atoms with Crippen LogP contribution in [0.15, 0.2) is 12.1 Å². The highest BCUT2D eigenvalue weighted by molar-refractivity contribution is 9.09. The van der Waals surface area contributed by atoms with E-state index >= 15 is 0 Å². The quantitative estimate of drug-likeness (QED) is 0.696. The largest absolute Gasteiger partial charge is 0.0925 e. The maximum atomic E-state index is 3.58. The summed E-state index contributed by atoms with van der Waals surface area (Å²) in [4.78, 5) is 0. The highest BCUT2D eigenvalue weighted by Crippen LogP contribution is 2.50. The van der Waals surface area contributed by atoms with Crippen LogP contribution in [0.2, 0.25) is 0 Å². The Bertz CT molecular complexity index is 331. The van der Waals surface area contributed by atoms with Crippen molar-refractivity contribution in [2.75, 3.05) is 5.33 Å². The molecule has 0 radical (unpaired) electrons. The van der Waals surface area contributed by atoms with E-state index < -0.39 is 0 Å². The first-order chi connectivity index (χ1) is 6.63. The predicted molar refractivity (Wildman–Crippen MR) is 65.3 cm³/mol. The fraction of sp³-hybridized carbons (Fsp3) is 0.538. The van der Waals surface area contributed by atoms with Gasteiger partial charge in [-0.15, -0.1) is 0 Å². The first kappa shape index (κ1) is 10.2. The van der Waals surface area contributed by atoms with Gasteiger partial charge in [0.05, 0.1) is 0 Å². The lowest BCUT2D eigenvalue weighted by Crippen LogP contribution is -1.94. The van der Waals surface area contributed by atoms with Crippen molar-refractivity contribution in [3.63, 3.8) is 0 Å². The van der Waals surface area contributed by atoms with Crippen LogP contribution in [-0.2, 0) is 0 Å². The Morgan fingerprint density at radius 2 is 1.79 bits per heavy atom. The van der Waals surface area contributed by atoms with Crippen LogP contribution in [0.5, 0.6) is 0 Å². The van der Waals surface area contributed by atoms with Crippen LogP contribution in [0.25, 0.3) is 0 Å². The van der Waals surface area contributed by atoms with Gasteiger partial charge in [-0.1, -0.05) is 33.6 Å². The molecule has 0 N–H and O–H groups in total. The van der Waals surface area contributed by atoms with Crippen LogP contribution >= 0.6 is 15.9 Å². The summed E-state index contributed by atoms with van der Waals surface area (Å²) in [5.74, 6) is 1.71. The summed E-state index contributed by atoms with van der Waals surface area (Å²) < 4.78 is 0. The molecule has 0 saturated heterocycles. The molecule has 1 aliphatic carbocycles. The fourth-order valence-corrected chi connectivity index (χ4v) is 3.26. The number of hydrogen-bond acceptors (Lipinski definition) is 0. The van der Waals surface area contributed by atoms with E-state index in [0.717, 1.165) is 17.2 Å². The van der Waals surface area contributed by atoms with Crippen LogP contribution in [0.4, 0.5) is 0 Å². The van der Waals surface area contributed by atoms with Crippen molar-refractivity contribution < 1.29 is 0 Å². The van der Waals surface area contributed by atoms with E-state index in [-0.39, 0.29) is 0 Å². The van der Waals surface area contributed by atoms with Crippen LogP contribution in [-0.4, -0.2) is 5.33 Å². The molecule has 1 aromatic rings. The van der Waals surface area contributed by atoms with Gasteiger partial charge in [-0.25, -0.2) is 0 Å². The zero-order valence-corrected chi connectivity index (χ0v) is 10.7. The molecule has 2 rings (SSSR count). The summed E-state index contributed by atoms with van der Waals surface area (Å²) >= 11 is 3.58. The highest BCUT2D eigenvalue weighted by atomic mass is 79.9. The van der Waals surface area contributed by atoms with Crippen LogP contribution in [0.1, 0.15) is 34.6 Å². The first-order valence-electron chi connectivity index (χ1n) is 5.27. The molecule has 0 amide bonds. The van der Waals surface area contributed by atoms with Crippen molar-refractivity contribution in [3.05, 3.63) is 34.4 Å². The van der Waals surface area contributed by atoms with E-state index in [4.69, 9.17) is 0 Å². The van der Waals surface area contributed by atoms with Gasteiger partial charge in [0.1, 0.15) is 0 Å². The maximum Gasteiger partial charge on any atom is 0.00657 e. The number of benzene rings is 1. The molecule has 1 fully saturated rings. The molecule has 0 aromatic heterocycles. The van der Waals surface area contributed by atoms with Gasteiger partial charge in [0.15, 0.2) is 0 Å². The first-order valence-corrected chi connectivity index (χ1v) is 6.39. The molecule has 1 aliphatic rings. The molecule has 1 aromatic carbocycles. The minimum absolute atomic E-state index is 0.829. The van der Waals surface area contributed by atoms with E-state index in [1.807, 2.05) is 0 Å². The third kappa shape index (κ3) is 1.75. The summed E-state index contributed by atoms with van der Waals surface area (Å²) in [5, 5.41) is 1.16. The summed E-state index contributed by atoms with van der Waals surface area (Å²) in [5.41, 5.74) is 5.96. The van der Waals surface area contributed by atoms with Gasteiger partial charge >= 0.3 is 0 Å². The van der Waals surface area contributed by atoms with Crippen molar-refractivity contribution in [2.45, 2.75) is 33.1 Å². The number of hydrogen-bond donors (Lipinski definition) is 0. The number of halogens is 1. The number of aryl methyl sites for hydroxylation is 3. The number of rotatable bonds is 2. The van der Waals surface area contributed by atoms with E-state index in [2.05, 4.69) is 48.8 Å². The minimum Gasteiger partial charge on any atom is -0.0925 e. The molecule has 14 heavy (non-hydrogen) atoms. The van der Waals surface area contributed by atoms with Crippen molar-refractivity contribution in [3.8, 4) is 0 Å². The van der Waals surface area contributed by atoms with Crippen LogP contribution in [0, 0.1) is 26.7 Å². The van der Waals surface area contributed by atoms with Crippen molar-refractivity contribution in [1.29, 1.82) is 0 Å². The second-order valence-electron chi connectivity index (χ2n) is 4.57. The Kier molecular flexibility index (Phi) is 2.70. The van der Waals surface area contributed by atoms with Gasteiger partial charge in [-0.05, 0) is 55.7 Å². The van der Waals surface area contributed by atoms with Crippen LogP contribution in [0.3, 0.4) is 0 Å².